The van der Waals surface area contributed by atoms with Gasteiger partial charge in [-0.1, -0.05) is 0 Å². The van der Waals surface area contributed by atoms with Crippen LogP contribution in [0, 0.1) is 5.82 Å². The van der Waals surface area contributed by atoms with Crippen LogP contribution in [0.15, 0.2) is 24.5 Å². The fourth-order valence-corrected chi connectivity index (χ4v) is 2.29. The molecule has 1 N–H and O–H groups in total. The third-order valence-electron chi connectivity index (χ3n) is 3.50. The van der Waals surface area contributed by atoms with Gasteiger partial charge in [0.25, 0.3) is 11.7 Å². The lowest BCUT2D eigenvalue weighted by Gasteiger charge is -2.20. The first-order valence-corrected chi connectivity index (χ1v) is 6.34. The molecule has 0 radical (unpaired) electrons. The summed E-state index contributed by atoms with van der Waals surface area (Å²) in [6.07, 6.45) is 3.47. The molecule has 0 bridgehead atoms. The zero-order valence-electron chi connectivity index (χ0n) is 11.6. The lowest BCUT2D eigenvalue weighted by atomic mass is 10.1. The highest BCUT2D eigenvalue weighted by molar-refractivity contribution is 6.51. The average Bonchev–Trinajstić information content (AvgIpc) is 2.95. The number of fused-ring (bicyclic) bond motifs is 1. The van der Waals surface area contributed by atoms with Crippen molar-refractivity contribution in [2.75, 3.05) is 17.3 Å². The van der Waals surface area contributed by atoms with Crippen molar-refractivity contribution in [1.82, 2.24) is 9.55 Å². The van der Waals surface area contributed by atoms with E-state index in [0.717, 1.165) is 11.9 Å². The largest absolute Gasteiger partial charge is 0.365 e. The van der Waals surface area contributed by atoms with Gasteiger partial charge in [-0.3, -0.25) is 9.59 Å². The van der Waals surface area contributed by atoms with Crippen LogP contribution in [0.25, 0.3) is 0 Å². The minimum atomic E-state index is -0.728. The van der Waals surface area contributed by atoms with E-state index in [0.29, 0.717) is 17.9 Å². The third-order valence-corrected chi connectivity index (χ3v) is 3.50. The summed E-state index contributed by atoms with van der Waals surface area (Å²) in [4.78, 5) is 28.7. The van der Waals surface area contributed by atoms with Crippen LogP contribution < -0.4 is 10.2 Å². The molecule has 0 spiro atoms. The molecule has 1 aliphatic heterocycles. The van der Waals surface area contributed by atoms with Crippen molar-refractivity contribution in [2.24, 2.45) is 7.05 Å². The Bertz CT molecular complexity index is 753. The molecule has 0 saturated heterocycles. The van der Waals surface area contributed by atoms with Gasteiger partial charge in [-0.2, -0.15) is 0 Å². The number of anilines is 2. The molecule has 6 nitrogen and oxygen atoms in total. The summed E-state index contributed by atoms with van der Waals surface area (Å²) in [5.41, 5.74) is 0.714. The molecule has 1 aromatic carbocycles. The van der Waals surface area contributed by atoms with Gasteiger partial charge in [0.2, 0.25) is 0 Å². The summed E-state index contributed by atoms with van der Waals surface area (Å²) in [7, 11) is 3.58. The van der Waals surface area contributed by atoms with E-state index in [4.69, 9.17) is 0 Å². The smallest absolute Gasteiger partial charge is 0.296 e. The Morgan fingerprint density at radius 3 is 2.81 bits per heavy atom. The Morgan fingerprint density at radius 2 is 2.14 bits per heavy atom. The number of carbonyl (C=O) groups is 2. The molecule has 108 valence electrons. The maximum Gasteiger partial charge on any atom is 0.296 e. The van der Waals surface area contributed by atoms with Gasteiger partial charge >= 0.3 is 0 Å². The quantitative estimate of drug-likeness (QED) is 0.865. The van der Waals surface area contributed by atoms with Gasteiger partial charge in [0.05, 0.1) is 23.5 Å². The summed E-state index contributed by atoms with van der Waals surface area (Å²) < 4.78 is 16.0. The fourth-order valence-electron chi connectivity index (χ4n) is 2.29. The third kappa shape index (κ3) is 2.16. The first-order valence-electron chi connectivity index (χ1n) is 6.34. The van der Waals surface area contributed by atoms with Gasteiger partial charge in [-0.15, -0.1) is 0 Å². The average molecular weight is 288 g/mol. The second kappa shape index (κ2) is 4.69. The molecule has 21 heavy (non-hydrogen) atoms. The van der Waals surface area contributed by atoms with Crippen LogP contribution >= 0.6 is 0 Å². The number of amides is 1. The lowest BCUT2D eigenvalue weighted by molar-refractivity contribution is -0.112. The van der Waals surface area contributed by atoms with Gasteiger partial charge in [0.15, 0.2) is 0 Å². The van der Waals surface area contributed by atoms with Crippen molar-refractivity contribution < 1.29 is 14.0 Å². The highest BCUT2D eigenvalue weighted by Crippen LogP contribution is 2.31. The number of aromatic nitrogens is 2. The number of benzene rings is 1. The van der Waals surface area contributed by atoms with Crippen LogP contribution in [0.2, 0.25) is 0 Å². The molecule has 2 aromatic rings. The molecule has 0 aliphatic carbocycles. The Kier molecular flexibility index (Phi) is 2.97. The molecule has 2 heterocycles. The van der Waals surface area contributed by atoms with Gasteiger partial charge in [-0.25, -0.2) is 9.37 Å². The van der Waals surface area contributed by atoms with Crippen molar-refractivity contribution in [3.05, 3.63) is 41.7 Å². The van der Waals surface area contributed by atoms with Crippen LogP contribution in [0.1, 0.15) is 16.2 Å². The fraction of sp³-hybridized carbons (Fsp3) is 0.214. The van der Waals surface area contributed by atoms with Gasteiger partial charge in [-0.05, 0) is 12.1 Å². The second-order valence-corrected chi connectivity index (χ2v) is 4.94. The summed E-state index contributed by atoms with van der Waals surface area (Å²) in [5, 5.41) is 2.44. The highest BCUT2D eigenvalue weighted by atomic mass is 19.1. The molecule has 0 atom stereocenters. The Morgan fingerprint density at radius 1 is 1.38 bits per heavy atom. The monoisotopic (exact) mass is 288 g/mol. The first-order chi connectivity index (χ1) is 9.97. The standard InChI is InChI=1S/C14H13FN4O2/c1-18-4-3-16-12(18)7-19(2)11-6-10-8(5-9(11)15)13(20)14(21)17-10/h3-6H,7H2,1-2H3,(H,17,20,21). The zero-order chi connectivity index (χ0) is 15.1. The van der Waals surface area contributed by atoms with Crippen LogP contribution in [0.5, 0.6) is 0 Å². The predicted molar refractivity (Wildman–Crippen MR) is 74.7 cm³/mol. The SMILES string of the molecule is CN(Cc1nccn1C)c1cc2c(cc1F)C(=O)C(=O)N2. The van der Waals surface area contributed by atoms with E-state index in [9.17, 15) is 14.0 Å². The number of carbonyl (C=O) groups excluding carboxylic acids is 2. The van der Waals surface area contributed by atoms with E-state index in [1.807, 2.05) is 11.6 Å². The molecular formula is C14H13FN4O2. The van der Waals surface area contributed by atoms with E-state index in [1.165, 1.54) is 6.07 Å². The van der Waals surface area contributed by atoms with Crippen molar-refractivity contribution in [2.45, 2.75) is 6.54 Å². The van der Waals surface area contributed by atoms with Crippen molar-refractivity contribution >= 4 is 23.1 Å². The Hall–Kier alpha value is -2.70. The number of nitrogens with zero attached hydrogens (tertiary/aromatic N) is 3. The van der Waals surface area contributed by atoms with Crippen molar-refractivity contribution in [3.63, 3.8) is 0 Å². The van der Waals surface area contributed by atoms with Crippen LogP contribution in [0.3, 0.4) is 0 Å². The molecular weight excluding hydrogens is 275 g/mol. The van der Waals surface area contributed by atoms with Gasteiger partial charge < -0.3 is 14.8 Å². The number of Topliss-reactive ketones (excluding diaryl/α,β-unsaturated/α-hetero) is 1. The summed E-state index contributed by atoms with van der Waals surface area (Å²) >= 11 is 0. The van der Waals surface area contributed by atoms with E-state index >= 15 is 0 Å². The number of rotatable bonds is 3. The summed E-state index contributed by atoms with van der Waals surface area (Å²) in [6, 6.07) is 2.57. The topological polar surface area (TPSA) is 67.2 Å². The number of aryl methyl sites for hydroxylation is 1. The maximum atomic E-state index is 14.2. The van der Waals surface area contributed by atoms with Crippen LogP contribution in [-0.4, -0.2) is 28.3 Å². The van der Waals surface area contributed by atoms with Crippen LogP contribution in [-0.2, 0) is 18.4 Å². The van der Waals surface area contributed by atoms with Gasteiger partial charge in [0, 0.05) is 26.5 Å². The van der Waals surface area contributed by atoms with E-state index < -0.39 is 17.5 Å². The number of halogens is 1. The van der Waals surface area contributed by atoms with Crippen molar-refractivity contribution in [3.8, 4) is 0 Å². The first kappa shape index (κ1) is 13.3. The lowest BCUT2D eigenvalue weighted by Crippen LogP contribution is -2.20. The molecule has 3 rings (SSSR count). The predicted octanol–water partition coefficient (Wildman–Crippen LogP) is 1.33. The Balaban J connectivity index is 1.93. The molecule has 0 unspecified atom stereocenters. The summed E-state index contributed by atoms with van der Waals surface area (Å²) in [5.74, 6) is -1.21. The molecule has 1 amide bonds. The molecule has 1 aromatic heterocycles. The van der Waals surface area contributed by atoms with E-state index in [2.05, 4.69) is 10.3 Å². The number of ketones is 1. The number of nitrogens with one attached hydrogen (secondary N) is 1. The number of imidazole rings is 1. The molecule has 0 fully saturated rings. The molecule has 7 heteroatoms. The number of hydrogen-bond acceptors (Lipinski definition) is 4. The zero-order valence-corrected chi connectivity index (χ0v) is 11.6. The van der Waals surface area contributed by atoms with E-state index in [-0.39, 0.29) is 5.56 Å². The van der Waals surface area contributed by atoms with E-state index in [1.54, 1.807) is 24.3 Å². The van der Waals surface area contributed by atoms with Crippen LogP contribution in [0.4, 0.5) is 15.8 Å². The van der Waals surface area contributed by atoms with Gasteiger partial charge in [0.1, 0.15) is 11.6 Å². The normalized spacial score (nSPS) is 13.3. The molecule has 0 saturated carbocycles. The number of hydrogen-bond donors (Lipinski definition) is 1. The maximum absolute atomic E-state index is 14.2. The minimum absolute atomic E-state index is 0.0756. The summed E-state index contributed by atoms with van der Waals surface area (Å²) in [6.45, 7) is 0.404. The minimum Gasteiger partial charge on any atom is -0.365 e. The molecule has 1 aliphatic rings. The Labute approximate surface area is 120 Å². The van der Waals surface area contributed by atoms with Crippen molar-refractivity contribution in [1.29, 1.82) is 0 Å². The second-order valence-electron chi connectivity index (χ2n) is 4.94. The highest BCUT2D eigenvalue weighted by Gasteiger charge is 2.30.